The van der Waals surface area contributed by atoms with Crippen molar-refractivity contribution < 1.29 is 9.53 Å². The minimum Gasteiger partial charge on any atom is -0.462 e. The number of rotatable bonds is 5. The third-order valence-electron chi connectivity index (χ3n) is 2.50. The Hall–Kier alpha value is -1.75. The number of aromatic nitrogens is 2. The molecular weight excluding hydrogens is 248 g/mol. The Morgan fingerprint density at radius 1 is 1.33 bits per heavy atom. The molecular formula is C13H14N2O2S. The molecule has 0 atom stereocenters. The van der Waals surface area contributed by atoms with Gasteiger partial charge in [0.2, 0.25) is 0 Å². The summed E-state index contributed by atoms with van der Waals surface area (Å²) in [5.74, 6) is -0.273. The Kier molecular flexibility index (Phi) is 4.41. The summed E-state index contributed by atoms with van der Waals surface area (Å²) in [5, 5.41) is 0. The number of carbonyl (C=O) groups is 1. The molecule has 4 nitrogen and oxygen atoms in total. The Labute approximate surface area is 110 Å². The van der Waals surface area contributed by atoms with Crippen LogP contribution in [0.2, 0.25) is 0 Å². The molecule has 0 amide bonds. The third-order valence-corrected chi connectivity index (χ3v) is 3.35. The molecule has 2 aromatic heterocycles. The van der Waals surface area contributed by atoms with Gasteiger partial charge in [0, 0.05) is 12.4 Å². The molecule has 5 heteroatoms. The highest BCUT2D eigenvalue weighted by atomic mass is 32.1. The largest absolute Gasteiger partial charge is 0.462 e. The summed E-state index contributed by atoms with van der Waals surface area (Å²) in [4.78, 5) is 20.5. The van der Waals surface area contributed by atoms with Gasteiger partial charge in [-0.2, -0.15) is 0 Å². The average Bonchev–Trinajstić information content (AvgIpc) is 2.86. The number of hydrogen-bond donors (Lipinski definition) is 0. The average molecular weight is 262 g/mol. The second-order valence-corrected chi connectivity index (χ2v) is 4.56. The van der Waals surface area contributed by atoms with E-state index in [1.54, 1.807) is 24.8 Å². The van der Waals surface area contributed by atoms with E-state index in [-0.39, 0.29) is 5.97 Å². The van der Waals surface area contributed by atoms with Crippen LogP contribution in [0, 0.1) is 0 Å². The lowest BCUT2D eigenvalue weighted by Crippen LogP contribution is -2.06. The number of ether oxygens (including phenoxy) is 1. The quantitative estimate of drug-likeness (QED) is 0.777. The van der Waals surface area contributed by atoms with Gasteiger partial charge in [0.1, 0.15) is 4.88 Å². The van der Waals surface area contributed by atoms with Gasteiger partial charge in [-0.3, -0.25) is 4.98 Å². The van der Waals surface area contributed by atoms with E-state index in [4.69, 9.17) is 4.74 Å². The first-order valence-corrected chi connectivity index (χ1v) is 6.67. The van der Waals surface area contributed by atoms with Crippen LogP contribution in [-0.2, 0) is 17.6 Å². The van der Waals surface area contributed by atoms with Crippen LogP contribution in [-0.4, -0.2) is 22.5 Å². The molecule has 2 aromatic rings. The molecule has 0 saturated carbocycles. The molecule has 94 valence electrons. The van der Waals surface area contributed by atoms with Crippen molar-refractivity contribution >= 4 is 17.3 Å². The van der Waals surface area contributed by atoms with E-state index in [0.717, 1.165) is 18.5 Å². The molecule has 0 unspecified atom stereocenters. The zero-order valence-corrected chi connectivity index (χ0v) is 10.9. The standard InChI is InChI=1S/C13H14N2O2S/c1-2-17-13(16)12-11(15-9-18-12)4-3-10-5-7-14-8-6-10/h5-9H,2-4H2,1H3. The van der Waals surface area contributed by atoms with Crippen molar-refractivity contribution in [1.82, 2.24) is 9.97 Å². The van der Waals surface area contributed by atoms with Gasteiger partial charge in [-0.1, -0.05) is 0 Å². The summed E-state index contributed by atoms with van der Waals surface area (Å²) in [6.45, 7) is 2.19. The molecule has 0 spiro atoms. The van der Waals surface area contributed by atoms with Crippen molar-refractivity contribution in [3.8, 4) is 0 Å². The molecule has 2 rings (SSSR count). The summed E-state index contributed by atoms with van der Waals surface area (Å²) in [6, 6.07) is 3.94. The van der Waals surface area contributed by atoms with Gasteiger partial charge in [0.15, 0.2) is 0 Å². The van der Waals surface area contributed by atoms with E-state index in [1.165, 1.54) is 16.9 Å². The first kappa shape index (κ1) is 12.7. The molecule has 0 fully saturated rings. The van der Waals surface area contributed by atoms with Crippen LogP contribution in [0.25, 0.3) is 0 Å². The van der Waals surface area contributed by atoms with Crippen molar-refractivity contribution in [1.29, 1.82) is 0 Å². The minimum atomic E-state index is -0.273. The van der Waals surface area contributed by atoms with Crippen LogP contribution in [0.1, 0.15) is 27.9 Å². The van der Waals surface area contributed by atoms with E-state index in [2.05, 4.69) is 9.97 Å². The van der Waals surface area contributed by atoms with E-state index in [9.17, 15) is 4.79 Å². The van der Waals surface area contributed by atoms with Crippen molar-refractivity contribution in [3.05, 3.63) is 46.2 Å². The van der Waals surface area contributed by atoms with Crippen molar-refractivity contribution in [2.24, 2.45) is 0 Å². The van der Waals surface area contributed by atoms with Gasteiger partial charge in [-0.15, -0.1) is 11.3 Å². The van der Waals surface area contributed by atoms with Crippen LogP contribution < -0.4 is 0 Å². The Morgan fingerprint density at radius 2 is 2.11 bits per heavy atom. The van der Waals surface area contributed by atoms with Crippen molar-refractivity contribution in [3.63, 3.8) is 0 Å². The monoisotopic (exact) mass is 262 g/mol. The normalized spacial score (nSPS) is 10.3. The number of carbonyl (C=O) groups excluding carboxylic acids is 1. The molecule has 18 heavy (non-hydrogen) atoms. The fourth-order valence-corrected chi connectivity index (χ4v) is 2.35. The zero-order chi connectivity index (χ0) is 12.8. The van der Waals surface area contributed by atoms with Gasteiger partial charge in [-0.25, -0.2) is 9.78 Å². The van der Waals surface area contributed by atoms with E-state index >= 15 is 0 Å². The predicted octanol–water partition coefficient (Wildman–Crippen LogP) is 2.50. The maximum absolute atomic E-state index is 11.7. The molecule has 0 aliphatic heterocycles. The summed E-state index contributed by atoms with van der Waals surface area (Å²) < 4.78 is 5.00. The highest BCUT2D eigenvalue weighted by molar-refractivity contribution is 7.11. The first-order chi connectivity index (χ1) is 8.81. The van der Waals surface area contributed by atoms with Crippen LogP contribution in [0.15, 0.2) is 30.0 Å². The predicted molar refractivity (Wildman–Crippen MR) is 69.7 cm³/mol. The summed E-state index contributed by atoms with van der Waals surface area (Å²) >= 11 is 1.33. The molecule has 2 heterocycles. The highest BCUT2D eigenvalue weighted by Gasteiger charge is 2.15. The lowest BCUT2D eigenvalue weighted by atomic mass is 10.1. The van der Waals surface area contributed by atoms with Gasteiger partial charge < -0.3 is 4.74 Å². The van der Waals surface area contributed by atoms with Gasteiger partial charge in [-0.05, 0) is 37.5 Å². The molecule has 0 radical (unpaired) electrons. The minimum absolute atomic E-state index is 0.273. The number of aryl methyl sites for hydroxylation is 2. The fraction of sp³-hybridized carbons (Fsp3) is 0.308. The maximum atomic E-state index is 11.7. The summed E-state index contributed by atoms with van der Waals surface area (Å²) in [7, 11) is 0. The zero-order valence-electron chi connectivity index (χ0n) is 10.1. The Balaban J connectivity index is 2.02. The molecule has 0 saturated heterocycles. The van der Waals surface area contributed by atoms with Gasteiger partial charge >= 0.3 is 5.97 Å². The van der Waals surface area contributed by atoms with Crippen molar-refractivity contribution in [2.75, 3.05) is 6.61 Å². The Morgan fingerprint density at radius 3 is 2.83 bits per heavy atom. The first-order valence-electron chi connectivity index (χ1n) is 5.79. The highest BCUT2D eigenvalue weighted by Crippen LogP contribution is 2.17. The van der Waals surface area contributed by atoms with E-state index < -0.39 is 0 Å². The number of nitrogens with zero attached hydrogens (tertiary/aromatic N) is 2. The summed E-state index contributed by atoms with van der Waals surface area (Å²) in [5.41, 5.74) is 3.69. The smallest absolute Gasteiger partial charge is 0.350 e. The lowest BCUT2D eigenvalue weighted by molar-refractivity contribution is 0.0530. The number of thiazole rings is 1. The fourth-order valence-electron chi connectivity index (χ4n) is 1.62. The Bertz CT molecular complexity index is 511. The van der Waals surface area contributed by atoms with Gasteiger partial charge in [0.05, 0.1) is 17.8 Å². The molecule has 0 aliphatic rings. The topological polar surface area (TPSA) is 52.1 Å². The molecule has 0 bridgehead atoms. The molecule has 0 N–H and O–H groups in total. The summed E-state index contributed by atoms with van der Waals surface area (Å²) in [6.07, 6.45) is 5.12. The maximum Gasteiger partial charge on any atom is 0.350 e. The number of hydrogen-bond acceptors (Lipinski definition) is 5. The second-order valence-electron chi connectivity index (χ2n) is 3.70. The van der Waals surface area contributed by atoms with Crippen LogP contribution in [0.4, 0.5) is 0 Å². The van der Waals surface area contributed by atoms with Crippen molar-refractivity contribution in [2.45, 2.75) is 19.8 Å². The molecule has 0 aliphatic carbocycles. The second kappa shape index (κ2) is 6.26. The SMILES string of the molecule is CCOC(=O)c1scnc1CCc1ccncc1. The van der Waals surface area contributed by atoms with E-state index in [1.807, 2.05) is 12.1 Å². The van der Waals surface area contributed by atoms with Crippen LogP contribution >= 0.6 is 11.3 Å². The number of esters is 1. The molecule has 0 aromatic carbocycles. The number of pyridine rings is 1. The van der Waals surface area contributed by atoms with Crippen LogP contribution in [0.5, 0.6) is 0 Å². The third kappa shape index (κ3) is 3.13. The van der Waals surface area contributed by atoms with Gasteiger partial charge in [0.25, 0.3) is 0 Å². The lowest BCUT2D eigenvalue weighted by Gasteiger charge is -2.02. The van der Waals surface area contributed by atoms with Crippen LogP contribution in [0.3, 0.4) is 0 Å². The van der Waals surface area contributed by atoms with E-state index in [0.29, 0.717) is 11.5 Å².